The topological polar surface area (TPSA) is 63.0 Å². The minimum Gasteiger partial charge on any atom is -0.490 e. The minimum absolute atomic E-state index is 0.153. The number of furan rings is 1. The second-order valence-corrected chi connectivity index (χ2v) is 7.24. The number of hydrogen-bond acceptors (Lipinski definition) is 6. The van der Waals surface area contributed by atoms with E-state index in [2.05, 4.69) is 11.1 Å². The molecule has 6 rings (SSSR count). The average molecular weight is 389 g/mol. The fourth-order valence-electron chi connectivity index (χ4n) is 4.04. The molecule has 1 aliphatic carbocycles. The molecule has 6 nitrogen and oxygen atoms in total. The molecule has 0 N–H and O–H groups in total. The molecular formula is C23H19NO5. The van der Waals surface area contributed by atoms with Crippen LogP contribution in [0.15, 0.2) is 64.6 Å². The fourth-order valence-corrected chi connectivity index (χ4v) is 4.04. The molecule has 6 heteroatoms. The molecule has 2 aliphatic heterocycles. The van der Waals surface area contributed by atoms with Crippen LogP contribution in [0.5, 0.6) is 11.5 Å². The van der Waals surface area contributed by atoms with Crippen molar-refractivity contribution in [2.45, 2.75) is 12.3 Å². The molecule has 0 amide bonds. The van der Waals surface area contributed by atoms with Crippen molar-refractivity contribution in [1.82, 2.24) is 4.98 Å². The van der Waals surface area contributed by atoms with Crippen LogP contribution in [0.3, 0.4) is 0 Å². The number of rotatable bonds is 2. The first kappa shape index (κ1) is 16.5. The first-order valence-corrected chi connectivity index (χ1v) is 9.80. The quantitative estimate of drug-likeness (QED) is 0.640. The SMILES string of the molecule is C1=CC(c2ccnc3cc(-c4ccc5c(c4)OCCO5)oc23)CC2=C1OCCO2. The molecule has 146 valence electrons. The largest absolute Gasteiger partial charge is 0.490 e. The first-order chi connectivity index (χ1) is 14.3. The van der Waals surface area contributed by atoms with Crippen molar-refractivity contribution < 1.29 is 23.4 Å². The van der Waals surface area contributed by atoms with Crippen LogP contribution in [0.2, 0.25) is 0 Å². The number of allylic oxidation sites excluding steroid dienone is 3. The van der Waals surface area contributed by atoms with Gasteiger partial charge >= 0.3 is 0 Å². The second kappa shape index (κ2) is 6.58. The number of ether oxygens (including phenoxy) is 4. The third-order valence-corrected chi connectivity index (χ3v) is 5.45. The summed E-state index contributed by atoms with van der Waals surface area (Å²) >= 11 is 0. The van der Waals surface area contributed by atoms with E-state index in [-0.39, 0.29) is 5.92 Å². The zero-order chi connectivity index (χ0) is 19.2. The third-order valence-electron chi connectivity index (χ3n) is 5.45. The molecule has 29 heavy (non-hydrogen) atoms. The van der Waals surface area contributed by atoms with Gasteiger partial charge in [-0.05, 0) is 30.3 Å². The Labute approximate surface area is 167 Å². The Kier molecular flexibility index (Phi) is 3.75. The minimum atomic E-state index is 0.153. The highest BCUT2D eigenvalue weighted by Crippen LogP contribution is 2.40. The highest BCUT2D eigenvalue weighted by molar-refractivity contribution is 5.83. The molecule has 3 aromatic rings. The number of nitrogens with zero attached hydrogens (tertiary/aromatic N) is 1. The van der Waals surface area contributed by atoms with Crippen molar-refractivity contribution in [3.63, 3.8) is 0 Å². The summed E-state index contributed by atoms with van der Waals surface area (Å²) in [6.45, 7) is 2.33. The summed E-state index contributed by atoms with van der Waals surface area (Å²) < 4.78 is 29.1. The Morgan fingerprint density at radius 3 is 2.69 bits per heavy atom. The first-order valence-electron chi connectivity index (χ1n) is 9.80. The monoisotopic (exact) mass is 389 g/mol. The Hall–Kier alpha value is -3.41. The molecule has 4 heterocycles. The van der Waals surface area contributed by atoms with Crippen molar-refractivity contribution in [3.8, 4) is 22.8 Å². The molecule has 1 unspecified atom stereocenters. The predicted molar refractivity (Wildman–Crippen MR) is 106 cm³/mol. The maximum absolute atomic E-state index is 6.28. The van der Waals surface area contributed by atoms with E-state index < -0.39 is 0 Å². The standard InChI is InChI=1S/C23H19NO5/c1-3-18-21(27-9-7-25-18)11-14(1)16-5-6-24-17-13-20(29-23(16)17)15-2-4-19-22(12-15)28-10-8-26-19/h1-6,12-14H,7-11H2. The molecule has 0 saturated heterocycles. The lowest BCUT2D eigenvalue weighted by Crippen LogP contribution is -2.17. The van der Waals surface area contributed by atoms with Gasteiger partial charge in [0.1, 0.15) is 43.5 Å². The van der Waals surface area contributed by atoms with Gasteiger partial charge in [0.2, 0.25) is 0 Å². The van der Waals surface area contributed by atoms with Gasteiger partial charge in [-0.1, -0.05) is 6.08 Å². The van der Waals surface area contributed by atoms with Gasteiger partial charge < -0.3 is 23.4 Å². The molecule has 0 fully saturated rings. The highest BCUT2D eigenvalue weighted by atomic mass is 16.6. The molecule has 0 saturated carbocycles. The third kappa shape index (κ3) is 2.83. The lowest BCUT2D eigenvalue weighted by molar-refractivity contribution is 0.0617. The zero-order valence-electron chi connectivity index (χ0n) is 15.7. The van der Waals surface area contributed by atoms with E-state index in [0.29, 0.717) is 26.4 Å². The normalized spacial score (nSPS) is 20.2. The number of hydrogen-bond donors (Lipinski definition) is 0. The van der Waals surface area contributed by atoms with Gasteiger partial charge in [-0.15, -0.1) is 0 Å². The molecule has 2 aromatic heterocycles. The molecule has 0 bridgehead atoms. The van der Waals surface area contributed by atoms with Gasteiger partial charge in [0.25, 0.3) is 0 Å². The average Bonchev–Trinajstić information content (AvgIpc) is 3.23. The van der Waals surface area contributed by atoms with Crippen molar-refractivity contribution in [3.05, 3.63) is 65.8 Å². The van der Waals surface area contributed by atoms with Crippen LogP contribution < -0.4 is 9.47 Å². The Bertz CT molecular complexity index is 1160. The van der Waals surface area contributed by atoms with Crippen LogP contribution in [-0.4, -0.2) is 31.4 Å². The molecule has 1 aromatic carbocycles. The van der Waals surface area contributed by atoms with Crippen molar-refractivity contribution in [2.24, 2.45) is 0 Å². The summed E-state index contributed by atoms with van der Waals surface area (Å²) in [4.78, 5) is 4.51. The maximum atomic E-state index is 6.28. The van der Waals surface area contributed by atoms with Gasteiger partial charge in [0, 0.05) is 35.7 Å². The van der Waals surface area contributed by atoms with Crippen LogP contribution in [0.1, 0.15) is 17.9 Å². The van der Waals surface area contributed by atoms with E-state index in [1.807, 2.05) is 42.6 Å². The molecule has 0 radical (unpaired) electrons. The Balaban J connectivity index is 1.38. The summed E-state index contributed by atoms with van der Waals surface area (Å²) in [6.07, 6.45) is 6.73. The van der Waals surface area contributed by atoms with Gasteiger partial charge in [-0.25, -0.2) is 0 Å². The van der Waals surface area contributed by atoms with Crippen molar-refractivity contribution in [1.29, 1.82) is 0 Å². The van der Waals surface area contributed by atoms with Crippen LogP contribution in [-0.2, 0) is 9.47 Å². The van der Waals surface area contributed by atoms with Crippen LogP contribution in [0.25, 0.3) is 22.4 Å². The van der Waals surface area contributed by atoms with Gasteiger partial charge in [-0.3, -0.25) is 4.98 Å². The summed E-state index contributed by atoms with van der Waals surface area (Å²) in [7, 11) is 0. The molecule has 1 atom stereocenters. The maximum Gasteiger partial charge on any atom is 0.162 e. The number of pyridine rings is 1. The van der Waals surface area contributed by atoms with E-state index in [4.69, 9.17) is 23.4 Å². The van der Waals surface area contributed by atoms with Gasteiger partial charge in [-0.2, -0.15) is 0 Å². The fraction of sp³-hybridized carbons (Fsp3) is 0.261. The van der Waals surface area contributed by atoms with E-state index >= 15 is 0 Å². The van der Waals surface area contributed by atoms with Crippen LogP contribution >= 0.6 is 0 Å². The van der Waals surface area contributed by atoms with E-state index in [0.717, 1.165) is 57.4 Å². The van der Waals surface area contributed by atoms with Crippen LogP contribution in [0, 0.1) is 0 Å². The summed E-state index contributed by atoms with van der Waals surface area (Å²) in [6, 6.07) is 9.85. The lowest BCUT2D eigenvalue weighted by Gasteiger charge is -2.26. The van der Waals surface area contributed by atoms with Crippen LogP contribution in [0.4, 0.5) is 0 Å². The summed E-state index contributed by atoms with van der Waals surface area (Å²) in [5.41, 5.74) is 3.66. The van der Waals surface area contributed by atoms with E-state index in [9.17, 15) is 0 Å². The van der Waals surface area contributed by atoms with Crippen molar-refractivity contribution in [2.75, 3.05) is 26.4 Å². The van der Waals surface area contributed by atoms with E-state index in [1.54, 1.807) is 0 Å². The van der Waals surface area contributed by atoms with Gasteiger partial charge in [0.15, 0.2) is 22.8 Å². The molecule has 0 spiro atoms. The number of aromatic nitrogens is 1. The Morgan fingerprint density at radius 2 is 1.72 bits per heavy atom. The smallest absolute Gasteiger partial charge is 0.162 e. The van der Waals surface area contributed by atoms with E-state index in [1.165, 1.54) is 0 Å². The highest BCUT2D eigenvalue weighted by Gasteiger charge is 2.25. The molecule has 3 aliphatic rings. The lowest BCUT2D eigenvalue weighted by atomic mass is 9.91. The number of benzene rings is 1. The summed E-state index contributed by atoms with van der Waals surface area (Å²) in [5.74, 6) is 4.17. The van der Waals surface area contributed by atoms with Crippen molar-refractivity contribution >= 4 is 11.1 Å². The summed E-state index contributed by atoms with van der Waals surface area (Å²) in [5, 5.41) is 0. The predicted octanol–water partition coefficient (Wildman–Crippen LogP) is 4.57. The van der Waals surface area contributed by atoms with Gasteiger partial charge in [0.05, 0.1) is 0 Å². The molecular weight excluding hydrogens is 370 g/mol. The number of fused-ring (bicyclic) bond motifs is 2. The Morgan fingerprint density at radius 1 is 0.862 bits per heavy atom. The second-order valence-electron chi connectivity index (χ2n) is 7.24. The zero-order valence-corrected chi connectivity index (χ0v) is 15.7.